The fourth-order valence-corrected chi connectivity index (χ4v) is 2.57. The van der Waals surface area contributed by atoms with Crippen molar-refractivity contribution in [3.8, 4) is 5.75 Å². The van der Waals surface area contributed by atoms with Gasteiger partial charge in [0, 0.05) is 31.9 Å². The van der Waals surface area contributed by atoms with E-state index in [0.29, 0.717) is 5.75 Å². The molecule has 100 valence electrons. The van der Waals surface area contributed by atoms with Crippen LogP contribution < -0.4 is 0 Å². The monoisotopic (exact) mass is 249 g/mol. The zero-order valence-electron chi connectivity index (χ0n) is 11.4. The first-order valence-electron chi connectivity index (χ1n) is 6.70. The Balaban J connectivity index is 1.89. The van der Waals surface area contributed by atoms with Crippen molar-refractivity contribution in [1.29, 1.82) is 0 Å². The summed E-state index contributed by atoms with van der Waals surface area (Å²) in [4.78, 5) is 2.30. The van der Waals surface area contributed by atoms with E-state index < -0.39 is 0 Å². The maximum absolute atomic E-state index is 9.84. The second-order valence-corrected chi connectivity index (χ2v) is 5.38. The van der Waals surface area contributed by atoms with Gasteiger partial charge in [-0.3, -0.25) is 0 Å². The maximum Gasteiger partial charge on any atom is 0.120 e. The maximum atomic E-state index is 9.84. The number of aromatic hydroxyl groups is 1. The van der Waals surface area contributed by atoms with E-state index in [2.05, 4.69) is 24.9 Å². The number of hydrogen-bond acceptors (Lipinski definition) is 3. The van der Waals surface area contributed by atoms with Crippen LogP contribution in [0, 0.1) is 12.8 Å². The Labute approximate surface area is 109 Å². The molecule has 1 heterocycles. The topological polar surface area (TPSA) is 32.7 Å². The van der Waals surface area contributed by atoms with Crippen molar-refractivity contribution < 1.29 is 9.84 Å². The lowest BCUT2D eigenvalue weighted by molar-refractivity contribution is 0.0549. The van der Waals surface area contributed by atoms with Crippen molar-refractivity contribution in [3.63, 3.8) is 0 Å². The molecule has 1 aromatic rings. The van der Waals surface area contributed by atoms with E-state index in [1.807, 2.05) is 6.07 Å². The average Bonchev–Trinajstić information content (AvgIpc) is 2.35. The Hall–Kier alpha value is -1.06. The number of nitrogens with zero attached hydrogens (tertiary/aromatic N) is 1. The molecule has 3 heteroatoms. The van der Waals surface area contributed by atoms with E-state index in [4.69, 9.17) is 4.74 Å². The number of phenolic OH excluding ortho intramolecular Hbond substituents is 1. The third-order valence-electron chi connectivity index (χ3n) is 3.59. The van der Waals surface area contributed by atoms with E-state index in [-0.39, 0.29) is 0 Å². The van der Waals surface area contributed by atoms with E-state index in [1.54, 1.807) is 6.07 Å². The van der Waals surface area contributed by atoms with Crippen LogP contribution in [0.4, 0.5) is 0 Å². The SMILES string of the molecule is Cc1ccc(O)c(CN(C)CC2CCOCC2)c1. The van der Waals surface area contributed by atoms with Crippen LogP contribution in [0.2, 0.25) is 0 Å². The minimum atomic E-state index is 0.402. The zero-order chi connectivity index (χ0) is 13.0. The van der Waals surface area contributed by atoms with Crippen LogP contribution >= 0.6 is 0 Å². The normalized spacial score (nSPS) is 17.3. The molecular formula is C15H23NO2. The molecule has 0 unspecified atom stereocenters. The van der Waals surface area contributed by atoms with Crippen LogP contribution in [-0.4, -0.2) is 36.8 Å². The number of hydrogen-bond donors (Lipinski definition) is 1. The van der Waals surface area contributed by atoms with Gasteiger partial charge in [-0.05, 0) is 38.8 Å². The van der Waals surface area contributed by atoms with Gasteiger partial charge < -0.3 is 14.7 Å². The van der Waals surface area contributed by atoms with Gasteiger partial charge in [0.05, 0.1) is 0 Å². The molecule has 0 saturated carbocycles. The standard InChI is InChI=1S/C15H23NO2/c1-12-3-4-15(17)14(9-12)11-16(2)10-13-5-7-18-8-6-13/h3-4,9,13,17H,5-8,10-11H2,1-2H3. The van der Waals surface area contributed by atoms with Crippen molar-refractivity contribution in [1.82, 2.24) is 4.90 Å². The van der Waals surface area contributed by atoms with Gasteiger partial charge >= 0.3 is 0 Å². The van der Waals surface area contributed by atoms with Gasteiger partial charge in [-0.1, -0.05) is 17.7 Å². The molecular weight excluding hydrogens is 226 g/mol. The van der Waals surface area contributed by atoms with Crippen LogP contribution in [0.15, 0.2) is 18.2 Å². The quantitative estimate of drug-likeness (QED) is 0.890. The Morgan fingerprint density at radius 2 is 2.06 bits per heavy atom. The molecule has 1 saturated heterocycles. The molecule has 0 aromatic heterocycles. The molecule has 1 aromatic carbocycles. The Morgan fingerprint density at radius 3 is 2.78 bits per heavy atom. The zero-order valence-corrected chi connectivity index (χ0v) is 11.4. The number of benzene rings is 1. The van der Waals surface area contributed by atoms with E-state index in [1.165, 1.54) is 5.56 Å². The van der Waals surface area contributed by atoms with Gasteiger partial charge in [0.1, 0.15) is 5.75 Å². The second kappa shape index (κ2) is 6.21. The molecule has 18 heavy (non-hydrogen) atoms. The van der Waals surface area contributed by atoms with Crippen molar-refractivity contribution in [2.24, 2.45) is 5.92 Å². The Morgan fingerprint density at radius 1 is 1.33 bits per heavy atom. The summed E-state index contributed by atoms with van der Waals surface area (Å²) in [5.41, 5.74) is 2.21. The van der Waals surface area contributed by atoms with Gasteiger partial charge in [-0.2, -0.15) is 0 Å². The minimum Gasteiger partial charge on any atom is -0.508 e. The highest BCUT2D eigenvalue weighted by molar-refractivity contribution is 5.35. The third-order valence-corrected chi connectivity index (χ3v) is 3.59. The summed E-state index contributed by atoms with van der Waals surface area (Å²) in [6, 6.07) is 5.79. The molecule has 1 N–H and O–H groups in total. The van der Waals surface area contributed by atoms with Crippen molar-refractivity contribution in [2.75, 3.05) is 26.8 Å². The first-order valence-corrected chi connectivity index (χ1v) is 6.70. The summed E-state index contributed by atoms with van der Waals surface area (Å²) in [6.07, 6.45) is 2.31. The largest absolute Gasteiger partial charge is 0.508 e. The van der Waals surface area contributed by atoms with Gasteiger partial charge in [0.25, 0.3) is 0 Å². The predicted octanol–water partition coefficient (Wildman–Crippen LogP) is 2.56. The Kier molecular flexibility index (Phi) is 4.61. The first-order chi connectivity index (χ1) is 8.65. The molecule has 1 fully saturated rings. The molecule has 1 aliphatic heterocycles. The molecule has 0 radical (unpaired) electrons. The van der Waals surface area contributed by atoms with E-state index >= 15 is 0 Å². The molecule has 0 amide bonds. The molecule has 2 rings (SSSR count). The summed E-state index contributed by atoms with van der Waals surface area (Å²) in [6.45, 7) is 5.74. The van der Waals surface area contributed by atoms with Gasteiger partial charge in [-0.15, -0.1) is 0 Å². The molecule has 0 aliphatic carbocycles. The number of aryl methyl sites for hydroxylation is 1. The fraction of sp³-hybridized carbons (Fsp3) is 0.600. The van der Waals surface area contributed by atoms with Crippen LogP contribution in [0.5, 0.6) is 5.75 Å². The van der Waals surface area contributed by atoms with Crippen LogP contribution in [0.25, 0.3) is 0 Å². The summed E-state index contributed by atoms with van der Waals surface area (Å²) in [5, 5.41) is 9.84. The molecule has 0 atom stereocenters. The van der Waals surface area contributed by atoms with Crippen molar-refractivity contribution in [2.45, 2.75) is 26.3 Å². The average molecular weight is 249 g/mol. The first kappa shape index (κ1) is 13.4. The van der Waals surface area contributed by atoms with Crippen LogP contribution in [0.3, 0.4) is 0 Å². The number of ether oxygens (including phenoxy) is 1. The lowest BCUT2D eigenvalue weighted by Crippen LogP contribution is -2.29. The highest BCUT2D eigenvalue weighted by atomic mass is 16.5. The summed E-state index contributed by atoms with van der Waals surface area (Å²) >= 11 is 0. The summed E-state index contributed by atoms with van der Waals surface area (Å²) in [7, 11) is 2.12. The Bertz CT molecular complexity index is 386. The second-order valence-electron chi connectivity index (χ2n) is 5.38. The van der Waals surface area contributed by atoms with Gasteiger partial charge in [0.2, 0.25) is 0 Å². The predicted molar refractivity (Wildman–Crippen MR) is 72.7 cm³/mol. The van der Waals surface area contributed by atoms with E-state index in [0.717, 1.165) is 50.6 Å². The third kappa shape index (κ3) is 3.72. The van der Waals surface area contributed by atoms with Crippen LogP contribution in [-0.2, 0) is 11.3 Å². The van der Waals surface area contributed by atoms with Crippen molar-refractivity contribution in [3.05, 3.63) is 29.3 Å². The van der Waals surface area contributed by atoms with Gasteiger partial charge in [0.15, 0.2) is 0 Å². The number of rotatable bonds is 4. The van der Waals surface area contributed by atoms with Crippen LogP contribution in [0.1, 0.15) is 24.0 Å². The molecule has 1 aliphatic rings. The molecule has 0 spiro atoms. The summed E-state index contributed by atoms with van der Waals surface area (Å²) < 4.78 is 5.38. The molecule has 0 bridgehead atoms. The highest BCUT2D eigenvalue weighted by Crippen LogP contribution is 2.21. The molecule has 3 nitrogen and oxygen atoms in total. The minimum absolute atomic E-state index is 0.402. The fourth-order valence-electron chi connectivity index (χ4n) is 2.57. The number of phenols is 1. The lowest BCUT2D eigenvalue weighted by atomic mass is 9.99. The lowest BCUT2D eigenvalue weighted by Gasteiger charge is -2.27. The summed E-state index contributed by atoms with van der Waals surface area (Å²) in [5.74, 6) is 1.13. The highest BCUT2D eigenvalue weighted by Gasteiger charge is 2.16. The smallest absolute Gasteiger partial charge is 0.120 e. The van der Waals surface area contributed by atoms with Crippen molar-refractivity contribution >= 4 is 0 Å². The van der Waals surface area contributed by atoms with Gasteiger partial charge in [-0.25, -0.2) is 0 Å². The van der Waals surface area contributed by atoms with E-state index in [9.17, 15) is 5.11 Å².